The summed E-state index contributed by atoms with van der Waals surface area (Å²) in [7, 11) is -2.41. The van der Waals surface area contributed by atoms with Gasteiger partial charge in [-0.05, 0) is 24.3 Å². The van der Waals surface area contributed by atoms with Gasteiger partial charge in [-0.1, -0.05) is 41.0 Å². The molecule has 0 bridgehead atoms. The van der Waals surface area contributed by atoms with Gasteiger partial charge in [0, 0.05) is 7.11 Å². The zero-order valence-corrected chi connectivity index (χ0v) is 13.6. The van der Waals surface area contributed by atoms with Crippen LogP contribution in [0.25, 0.3) is 11.0 Å². The largest absolute Gasteiger partial charge is 0.359 e. The third kappa shape index (κ3) is 3.09. The highest BCUT2D eigenvalue weighted by Gasteiger charge is 2.26. The maximum atomic E-state index is 12.4. The van der Waals surface area contributed by atoms with Crippen LogP contribution in [-0.4, -0.2) is 20.7 Å². The van der Waals surface area contributed by atoms with Gasteiger partial charge in [-0.3, -0.25) is 0 Å². The number of fused-ring (bicyclic) bond motifs is 1. The van der Waals surface area contributed by atoms with Crippen LogP contribution in [0.2, 0.25) is 5.02 Å². The number of ether oxygens (including phenoxy) is 1. The molecule has 0 radical (unpaired) electrons. The van der Waals surface area contributed by atoms with Gasteiger partial charge in [0.15, 0.2) is 11.8 Å². The lowest BCUT2D eigenvalue weighted by Gasteiger charge is -2.15. The molecular weight excluding hydrogens is 340 g/mol. The number of hydrogen-bond acceptors (Lipinski definition) is 5. The van der Waals surface area contributed by atoms with E-state index in [9.17, 15) is 8.42 Å². The quantitative estimate of drug-likeness (QED) is 0.713. The van der Waals surface area contributed by atoms with Crippen molar-refractivity contribution >= 4 is 32.6 Å². The lowest BCUT2D eigenvalue weighted by atomic mass is 10.2. The first-order valence-corrected chi connectivity index (χ1v) is 8.53. The molecule has 1 N–H and O–H groups in total. The van der Waals surface area contributed by atoms with Crippen LogP contribution < -0.4 is 4.72 Å². The summed E-state index contributed by atoms with van der Waals surface area (Å²) >= 11 is 6.16. The van der Waals surface area contributed by atoms with Crippen LogP contribution in [0.3, 0.4) is 0 Å². The van der Waals surface area contributed by atoms with Crippen LogP contribution in [0.5, 0.6) is 0 Å². The Labute approximate surface area is 138 Å². The van der Waals surface area contributed by atoms with Crippen molar-refractivity contribution in [1.82, 2.24) is 9.88 Å². The van der Waals surface area contributed by atoms with Gasteiger partial charge >= 0.3 is 0 Å². The lowest BCUT2D eigenvalue weighted by molar-refractivity contribution is 0.0886. The first-order chi connectivity index (χ1) is 11.0. The SMILES string of the molecule is COC(NS(=O)(=O)c1ccccc1)c1noc2cccc(Cl)c12. The van der Waals surface area contributed by atoms with E-state index < -0.39 is 16.3 Å². The van der Waals surface area contributed by atoms with Crippen molar-refractivity contribution in [1.29, 1.82) is 0 Å². The molecule has 0 aliphatic heterocycles. The predicted molar refractivity (Wildman–Crippen MR) is 85.5 cm³/mol. The number of methoxy groups -OCH3 is 1. The molecule has 120 valence electrons. The maximum absolute atomic E-state index is 12.4. The highest BCUT2D eigenvalue weighted by atomic mass is 35.5. The Kier molecular flexibility index (Phi) is 4.36. The Hall–Kier alpha value is -1.93. The molecule has 1 unspecified atom stereocenters. The van der Waals surface area contributed by atoms with E-state index >= 15 is 0 Å². The minimum absolute atomic E-state index is 0.126. The number of hydrogen-bond donors (Lipinski definition) is 1. The van der Waals surface area contributed by atoms with Crippen LogP contribution in [-0.2, 0) is 14.8 Å². The Balaban J connectivity index is 2.00. The van der Waals surface area contributed by atoms with E-state index in [1.807, 2.05) is 0 Å². The molecule has 0 saturated heterocycles. The predicted octanol–water partition coefficient (Wildman–Crippen LogP) is 3.10. The lowest BCUT2D eigenvalue weighted by Crippen LogP contribution is -2.30. The van der Waals surface area contributed by atoms with Gasteiger partial charge in [-0.15, -0.1) is 0 Å². The molecule has 0 aliphatic carbocycles. The summed E-state index contributed by atoms with van der Waals surface area (Å²) in [6.07, 6.45) is -1.03. The van der Waals surface area contributed by atoms with E-state index in [1.165, 1.54) is 19.2 Å². The normalized spacial score (nSPS) is 13.3. The molecule has 1 heterocycles. The maximum Gasteiger partial charge on any atom is 0.243 e. The molecule has 3 rings (SSSR count). The monoisotopic (exact) mass is 352 g/mol. The van der Waals surface area contributed by atoms with Crippen LogP contribution in [0.4, 0.5) is 0 Å². The first-order valence-electron chi connectivity index (χ1n) is 6.67. The smallest absolute Gasteiger partial charge is 0.243 e. The second-order valence-electron chi connectivity index (χ2n) is 4.73. The molecule has 3 aromatic rings. The summed E-state index contributed by atoms with van der Waals surface area (Å²) in [4.78, 5) is 0.126. The van der Waals surface area contributed by atoms with E-state index in [-0.39, 0.29) is 10.6 Å². The zero-order valence-electron chi connectivity index (χ0n) is 12.1. The van der Waals surface area contributed by atoms with Gasteiger partial charge in [-0.25, -0.2) is 8.42 Å². The van der Waals surface area contributed by atoms with Gasteiger partial charge < -0.3 is 9.26 Å². The van der Waals surface area contributed by atoms with Crippen molar-refractivity contribution in [2.45, 2.75) is 11.1 Å². The standard InChI is InChI=1S/C15H13ClN2O4S/c1-21-15(18-23(19,20)10-6-3-2-4-7-10)14-13-11(16)8-5-9-12(13)22-17-14/h2-9,15,18H,1H3. The highest BCUT2D eigenvalue weighted by Crippen LogP contribution is 2.31. The summed E-state index contributed by atoms with van der Waals surface area (Å²) < 4.78 is 37.7. The average molecular weight is 353 g/mol. The number of rotatable bonds is 5. The van der Waals surface area contributed by atoms with Crippen molar-refractivity contribution in [3.8, 4) is 0 Å². The molecule has 23 heavy (non-hydrogen) atoms. The number of sulfonamides is 1. The zero-order chi connectivity index (χ0) is 16.4. The van der Waals surface area contributed by atoms with Crippen molar-refractivity contribution in [2.75, 3.05) is 7.11 Å². The number of aromatic nitrogens is 1. The number of nitrogens with one attached hydrogen (secondary N) is 1. The third-order valence-corrected chi connectivity index (χ3v) is 5.01. The minimum atomic E-state index is -3.78. The molecule has 6 nitrogen and oxygen atoms in total. The number of halogens is 1. The van der Waals surface area contributed by atoms with E-state index in [4.69, 9.17) is 20.9 Å². The van der Waals surface area contributed by atoms with E-state index in [0.717, 1.165) is 0 Å². The second-order valence-corrected chi connectivity index (χ2v) is 6.85. The first kappa shape index (κ1) is 15.9. The second kappa shape index (κ2) is 6.29. The Morgan fingerprint density at radius 2 is 1.91 bits per heavy atom. The Morgan fingerprint density at radius 1 is 1.17 bits per heavy atom. The summed E-state index contributed by atoms with van der Waals surface area (Å²) in [6.45, 7) is 0. The fourth-order valence-electron chi connectivity index (χ4n) is 2.18. The molecule has 0 aliphatic rings. The Bertz CT molecular complexity index is 925. The van der Waals surface area contributed by atoms with Gasteiger partial charge in [0.1, 0.15) is 5.69 Å². The van der Waals surface area contributed by atoms with Gasteiger partial charge in [0.05, 0.1) is 15.3 Å². The van der Waals surface area contributed by atoms with E-state index in [0.29, 0.717) is 16.0 Å². The summed E-state index contributed by atoms with van der Waals surface area (Å²) in [5, 5.41) is 4.81. The van der Waals surface area contributed by atoms with Crippen LogP contribution in [0, 0.1) is 0 Å². The molecule has 0 amide bonds. The fraction of sp³-hybridized carbons (Fsp3) is 0.133. The van der Waals surface area contributed by atoms with Crippen LogP contribution in [0.15, 0.2) is 57.9 Å². The van der Waals surface area contributed by atoms with Crippen LogP contribution in [0.1, 0.15) is 11.9 Å². The molecule has 8 heteroatoms. The molecule has 0 saturated carbocycles. The van der Waals surface area contributed by atoms with Crippen molar-refractivity contribution < 1.29 is 17.7 Å². The molecule has 0 fully saturated rings. The van der Waals surface area contributed by atoms with Crippen molar-refractivity contribution in [2.24, 2.45) is 0 Å². The van der Waals surface area contributed by atoms with E-state index in [1.54, 1.807) is 36.4 Å². The third-order valence-electron chi connectivity index (χ3n) is 3.27. The summed E-state index contributed by atoms with van der Waals surface area (Å²) in [5.74, 6) is 0. The van der Waals surface area contributed by atoms with Crippen LogP contribution >= 0.6 is 11.6 Å². The van der Waals surface area contributed by atoms with Gasteiger partial charge in [0.25, 0.3) is 0 Å². The van der Waals surface area contributed by atoms with Gasteiger partial charge in [-0.2, -0.15) is 4.72 Å². The molecule has 1 aromatic heterocycles. The minimum Gasteiger partial charge on any atom is -0.359 e. The molecule has 1 atom stereocenters. The molecule has 0 spiro atoms. The van der Waals surface area contributed by atoms with Gasteiger partial charge in [0.2, 0.25) is 10.0 Å². The number of nitrogens with zero attached hydrogens (tertiary/aromatic N) is 1. The Morgan fingerprint density at radius 3 is 2.61 bits per heavy atom. The summed E-state index contributed by atoms with van der Waals surface area (Å²) in [6, 6.07) is 13.1. The number of benzene rings is 2. The highest BCUT2D eigenvalue weighted by molar-refractivity contribution is 7.89. The summed E-state index contributed by atoms with van der Waals surface area (Å²) in [5.41, 5.74) is 0.723. The van der Waals surface area contributed by atoms with E-state index in [2.05, 4.69) is 9.88 Å². The fourth-order valence-corrected chi connectivity index (χ4v) is 3.58. The van der Waals surface area contributed by atoms with Crippen molar-refractivity contribution in [3.05, 3.63) is 59.2 Å². The topological polar surface area (TPSA) is 81.4 Å². The average Bonchev–Trinajstić information content (AvgIpc) is 2.99. The molecule has 2 aromatic carbocycles. The van der Waals surface area contributed by atoms with Crippen molar-refractivity contribution in [3.63, 3.8) is 0 Å². The molecular formula is C15H13ClN2O4S.